The van der Waals surface area contributed by atoms with Gasteiger partial charge in [0.05, 0.1) is 6.61 Å². The lowest BCUT2D eigenvalue weighted by Crippen LogP contribution is -2.28. The van der Waals surface area contributed by atoms with Crippen molar-refractivity contribution >= 4 is 11.6 Å². The Morgan fingerprint density at radius 1 is 1.55 bits per heavy atom. The van der Waals surface area contributed by atoms with Gasteiger partial charge in [-0.15, -0.1) is 0 Å². The van der Waals surface area contributed by atoms with Crippen molar-refractivity contribution in [2.45, 2.75) is 26.3 Å². The van der Waals surface area contributed by atoms with E-state index in [0.29, 0.717) is 12.1 Å². The van der Waals surface area contributed by atoms with Gasteiger partial charge in [-0.1, -0.05) is 19.1 Å². The standard InChI is InChI=1S/C15H19N3O2/c1-3-13(10-19)17-9-12(8-16)15(20)18-14-6-4-5-11(2)7-14/h4-7,9,13,17,19H,3,10H2,1-2H3,(H,18,20)/b12-9-. The van der Waals surface area contributed by atoms with E-state index in [2.05, 4.69) is 10.6 Å². The molecule has 1 aromatic carbocycles. The smallest absolute Gasteiger partial charge is 0.267 e. The Morgan fingerprint density at radius 2 is 2.30 bits per heavy atom. The highest BCUT2D eigenvalue weighted by atomic mass is 16.3. The van der Waals surface area contributed by atoms with Gasteiger partial charge in [0.25, 0.3) is 5.91 Å². The number of benzene rings is 1. The molecule has 106 valence electrons. The molecule has 3 N–H and O–H groups in total. The highest BCUT2D eigenvalue weighted by Gasteiger charge is 2.10. The van der Waals surface area contributed by atoms with E-state index in [0.717, 1.165) is 5.56 Å². The SMILES string of the molecule is CCC(CO)N/C=C(/C#N)C(=O)Nc1cccc(C)c1. The number of carbonyl (C=O) groups excluding carboxylic acids is 1. The zero-order valence-corrected chi connectivity index (χ0v) is 11.7. The molecule has 1 rings (SSSR count). The zero-order valence-electron chi connectivity index (χ0n) is 11.7. The van der Waals surface area contributed by atoms with E-state index in [1.165, 1.54) is 6.20 Å². The van der Waals surface area contributed by atoms with E-state index in [1.807, 2.05) is 38.1 Å². The number of aliphatic hydroxyl groups excluding tert-OH is 1. The Kier molecular flexibility index (Phi) is 6.27. The van der Waals surface area contributed by atoms with Gasteiger partial charge >= 0.3 is 0 Å². The van der Waals surface area contributed by atoms with E-state index < -0.39 is 5.91 Å². The molecule has 5 heteroatoms. The minimum atomic E-state index is -0.474. The number of anilines is 1. The van der Waals surface area contributed by atoms with Crippen LogP contribution in [0.1, 0.15) is 18.9 Å². The van der Waals surface area contributed by atoms with Crippen molar-refractivity contribution in [2.75, 3.05) is 11.9 Å². The second-order valence-corrected chi connectivity index (χ2v) is 4.45. The first kappa shape index (κ1) is 15.7. The summed E-state index contributed by atoms with van der Waals surface area (Å²) in [6.07, 6.45) is 2.04. The maximum atomic E-state index is 11.9. The molecule has 20 heavy (non-hydrogen) atoms. The van der Waals surface area contributed by atoms with Gasteiger partial charge in [-0.25, -0.2) is 0 Å². The summed E-state index contributed by atoms with van der Waals surface area (Å²) < 4.78 is 0. The Hall–Kier alpha value is -2.32. The molecule has 0 saturated carbocycles. The van der Waals surface area contributed by atoms with Crippen LogP contribution in [0.15, 0.2) is 36.0 Å². The topological polar surface area (TPSA) is 85.2 Å². The van der Waals surface area contributed by atoms with E-state index in [9.17, 15) is 4.79 Å². The molecular formula is C15H19N3O2. The van der Waals surface area contributed by atoms with Crippen LogP contribution in [0.4, 0.5) is 5.69 Å². The number of hydrogen-bond donors (Lipinski definition) is 3. The summed E-state index contributed by atoms with van der Waals surface area (Å²) in [4.78, 5) is 11.9. The maximum absolute atomic E-state index is 11.9. The second-order valence-electron chi connectivity index (χ2n) is 4.45. The summed E-state index contributed by atoms with van der Waals surface area (Å²) in [6.45, 7) is 3.77. The van der Waals surface area contributed by atoms with Crippen molar-refractivity contribution in [1.29, 1.82) is 5.26 Å². The minimum Gasteiger partial charge on any atom is -0.394 e. The fourth-order valence-corrected chi connectivity index (χ4v) is 1.57. The van der Waals surface area contributed by atoms with Crippen LogP contribution >= 0.6 is 0 Å². The van der Waals surface area contributed by atoms with Gasteiger partial charge in [0.1, 0.15) is 11.6 Å². The van der Waals surface area contributed by atoms with Gasteiger partial charge < -0.3 is 15.7 Å². The third kappa shape index (κ3) is 4.75. The van der Waals surface area contributed by atoms with Crippen LogP contribution in [0.3, 0.4) is 0 Å². The lowest BCUT2D eigenvalue weighted by atomic mass is 10.2. The van der Waals surface area contributed by atoms with Crippen LogP contribution in [0.25, 0.3) is 0 Å². The van der Waals surface area contributed by atoms with E-state index in [4.69, 9.17) is 10.4 Å². The molecule has 1 unspecified atom stereocenters. The van der Waals surface area contributed by atoms with Crippen LogP contribution < -0.4 is 10.6 Å². The van der Waals surface area contributed by atoms with Crippen LogP contribution in [0.2, 0.25) is 0 Å². The van der Waals surface area contributed by atoms with E-state index >= 15 is 0 Å². The molecule has 5 nitrogen and oxygen atoms in total. The van der Waals surface area contributed by atoms with Crippen molar-refractivity contribution in [3.63, 3.8) is 0 Å². The average Bonchev–Trinajstić information content (AvgIpc) is 2.43. The van der Waals surface area contributed by atoms with Gasteiger partial charge in [-0.05, 0) is 31.0 Å². The summed E-state index contributed by atoms with van der Waals surface area (Å²) in [6, 6.07) is 9.02. The molecule has 0 aromatic heterocycles. The predicted molar refractivity (Wildman–Crippen MR) is 77.8 cm³/mol. The number of nitrogens with zero attached hydrogens (tertiary/aromatic N) is 1. The van der Waals surface area contributed by atoms with Crippen molar-refractivity contribution in [2.24, 2.45) is 0 Å². The fraction of sp³-hybridized carbons (Fsp3) is 0.333. The molecule has 1 amide bonds. The fourth-order valence-electron chi connectivity index (χ4n) is 1.57. The number of hydrogen-bond acceptors (Lipinski definition) is 4. The Bertz CT molecular complexity index is 528. The largest absolute Gasteiger partial charge is 0.394 e. The first-order valence-corrected chi connectivity index (χ1v) is 6.45. The van der Waals surface area contributed by atoms with Crippen molar-refractivity contribution in [1.82, 2.24) is 5.32 Å². The molecular weight excluding hydrogens is 254 g/mol. The summed E-state index contributed by atoms with van der Waals surface area (Å²) in [5.41, 5.74) is 1.64. The van der Waals surface area contributed by atoms with Gasteiger partial charge in [0, 0.05) is 17.9 Å². The van der Waals surface area contributed by atoms with Crippen molar-refractivity contribution < 1.29 is 9.90 Å². The Morgan fingerprint density at radius 3 is 2.85 bits per heavy atom. The van der Waals surface area contributed by atoms with Gasteiger partial charge in [0.2, 0.25) is 0 Å². The molecule has 0 aliphatic carbocycles. The Balaban J connectivity index is 2.73. The Labute approximate surface area is 118 Å². The van der Waals surface area contributed by atoms with Crippen molar-refractivity contribution in [3.05, 3.63) is 41.6 Å². The monoisotopic (exact) mass is 273 g/mol. The number of aliphatic hydroxyl groups is 1. The minimum absolute atomic E-state index is 0.0293. The molecule has 0 bridgehead atoms. The third-order valence-electron chi connectivity index (χ3n) is 2.82. The summed E-state index contributed by atoms with van der Waals surface area (Å²) in [5.74, 6) is -0.474. The number of aryl methyl sites for hydroxylation is 1. The normalized spacial score (nSPS) is 12.4. The van der Waals surface area contributed by atoms with Gasteiger partial charge in [-0.3, -0.25) is 4.79 Å². The predicted octanol–water partition coefficient (Wildman–Crippen LogP) is 1.70. The van der Waals surface area contributed by atoms with Crippen LogP contribution in [-0.4, -0.2) is 23.7 Å². The molecule has 1 atom stereocenters. The van der Waals surface area contributed by atoms with Gasteiger partial charge in [-0.2, -0.15) is 5.26 Å². The lowest BCUT2D eigenvalue weighted by Gasteiger charge is -2.12. The number of rotatable bonds is 6. The molecule has 0 fully saturated rings. The first-order chi connectivity index (χ1) is 9.60. The van der Waals surface area contributed by atoms with Gasteiger partial charge in [0.15, 0.2) is 0 Å². The molecule has 0 radical (unpaired) electrons. The number of amides is 1. The van der Waals surface area contributed by atoms with Crippen molar-refractivity contribution in [3.8, 4) is 6.07 Å². The average molecular weight is 273 g/mol. The van der Waals surface area contributed by atoms with E-state index in [-0.39, 0.29) is 18.2 Å². The number of carbonyl (C=O) groups is 1. The second kappa shape index (κ2) is 7.97. The highest BCUT2D eigenvalue weighted by molar-refractivity contribution is 6.06. The highest BCUT2D eigenvalue weighted by Crippen LogP contribution is 2.10. The summed E-state index contributed by atoms with van der Waals surface area (Å²) in [5, 5.41) is 23.6. The molecule has 0 aliphatic heterocycles. The first-order valence-electron chi connectivity index (χ1n) is 6.45. The van der Waals surface area contributed by atoms with Crippen LogP contribution in [0, 0.1) is 18.3 Å². The third-order valence-corrected chi connectivity index (χ3v) is 2.82. The summed E-state index contributed by atoms with van der Waals surface area (Å²) >= 11 is 0. The van der Waals surface area contributed by atoms with Crippen LogP contribution in [-0.2, 0) is 4.79 Å². The lowest BCUT2D eigenvalue weighted by molar-refractivity contribution is -0.112. The van der Waals surface area contributed by atoms with Crippen LogP contribution in [0.5, 0.6) is 0 Å². The number of nitrogens with one attached hydrogen (secondary N) is 2. The quantitative estimate of drug-likeness (QED) is 0.544. The zero-order chi connectivity index (χ0) is 15.0. The molecule has 0 saturated heterocycles. The maximum Gasteiger partial charge on any atom is 0.267 e. The summed E-state index contributed by atoms with van der Waals surface area (Å²) in [7, 11) is 0. The van der Waals surface area contributed by atoms with E-state index in [1.54, 1.807) is 6.07 Å². The molecule has 0 heterocycles. The molecule has 0 aliphatic rings. The molecule has 0 spiro atoms. The molecule has 1 aromatic rings. The number of nitriles is 1.